The van der Waals surface area contributed by atoms with Gasteiger partial charge in [-0.3, -0.25) is 18.7 Å². The van der Waals surface area contributed by atoms with Crippen molar-refractivity contribution < 1.29 is 9.90 Å². The fourth-order valence-electron chi connectivity index (χ4n) is 3.77. The highest BCUT2D eigenvalue weighted by Gasteiger charge is 2.17. The van der Waals surface area contributed by atoms with E-state index in [4.69, 9.17) is 5.73 Å². The number of nitrogens with one attached hydrogen (secondary N) is 1. The Morgan fingerprint density at radius 1 is 1.06 bits per heavy atom. The van der Waals surface area contributed by atoms with Crippen LogP contribution in [0.1, 0.15) is 64.7 Å². The smallest absolute Gasteiger partial charge is 0.332 e. The minimum atomic E-state index is -0.866. The van der Waals surface area contributed by atoms with Crippen LogP contribution in [0.4, 0.5) is 0 Å². The zero-order chi connectivity index (χ0) is 23.7. The number of hydrogen-bond donors (Lipinski definition) is 3. The predicted molar refractivity (Wildman–Crippen MR) is 124 cm³/mol. The predicted octanol–water partition coefficient (Wildman–Crippen LogP) is 0.769. The summed E-state index contributed by atoms with van der Waals surface area (Å²) in [5, 5.41) is 12.0. The maximum Gasteiger partial charge on any atom is 0.332 e. The minimum Gasteiger partial charge on any atom is -0.391 e. The van der Waals surface area contributed by atoms with Crippen molar-refractivity contribution in [3.63, 3.8) is 0 Å². The number of aryl methyl sites for hydroxylation is 2. The van der Waals surface area contributed by atoms with E-state index in [2.05, 4.69) is 10.3 Å². The van der Waals surface area contributed by atoms with Crippen LogP contribution in [-0.2, 0) is 25.4 Å². The Hall–Kier alpha value is -2.46. The van der Waals surface area contributed by atoms with Gasteiger partial charge in [0.15, 0.2) is 11.2 Å². The molecule has 32 heavy (non-hydrogen) atoms. The van der Waals surface area contributed by atoms with E-state index in [0.29, 0.717) is 24.3 Å². The molecule has 4 N–H and O–H groups in total. The molecule has 0 radical (unpaired) electrons. The van der Waals surface area contributed by atoms with Crippen LogP contribution in [0.2, 0.25) is 0 Å². The first-order valence-corrected chi connectivity index (χ1v) is 11.6. The van der Waals surface area contributed by atoms with Crippen LogP contribution < -0.4 is 22.3 Å². The molecule has 0 spiro atoms. The van der Waals surface area contributed by atoms with Gasteiger partial charge in [-0.1, -0.05) is 44.9 Å². The first-order chi connectivity index (χ1) is 15.3. The summed E-state index contributed by atoms with van der Waals surface area (Å²) >= 11 is 0. The molecule has 0 aromatic carbocycles. The molecule has 2 atom stereocenters. The third-order valence-electron chi connectivity index (χ3n) is 5.88. The molecule has 10 nitrogen and oxygen atoms in total. The monoisotopic (exact) mass is 450 g/mol. The second-order valence-corrected chi connectivity index (χ2v) is 8.57. The molecule has 2 aromatic rings. The number of aliphatic hydroxyl groups is 1. The molecule has 0 bridgehead atoms. The van der Waals surface area contributed by atoms with Crippen LogP contribution in [0.5, 0.6) is 0 Å². The number of amides is 1. The van der Waals surface area contributed by atoms with Crippen LogP contribution in [0.25, 0.3) is 11.2 Å². The van der Waals surface area contributed by atoms with Crippen molar-refractivity contribution in [3.05, 3.63) is 27.2 Å². The molecule has 0 aliphatic rings. The number of aliphatic hydroxyl groups excluding tert-OH is 1. The molecule has 1 amide bonds. The lowest BCUT2D eigenvalue weighted by Gasteiger charge is -2.14. The first-order valence-electron chi connectivity index (χ1n) is 11.6. The Labute approximate surface area is 188 Å². The Balaban J connectivity index is 1.56. The van der Waals surface area contributed by atoms with Crippen molar-refractivity contribution in [1.82, 2.24) is 24.0 Å². The summed E-state index contributed by atoms with van der Waals surface area (Å²) in [4.78, 5) is 40.9. The second kappa shape index (κ2) is 12.5. The molecular weight excluding hydrogens is 412 g/mol. The average molecular weight is 451 g/mol. The van der Waals surface area contributed by atoms with Gasteiger partial charge in [0, 0.05) is 27.2 Å². The van der Waals surface area contributed by atoms with Crippen molar-refractivity contribution in [2.75, 3.05) is 6.54 Å². The van der Waals surface area contributed by atoms with Crippen LogP contribution in [0.3, 0.4) is 0 Å². The summed E-state index contributed by atoms with van der Waals surface area (Å²) in [6.07, 6.45) is 10.1. The fraction of sp³-hybridized carbons (Fsp3) is 0.727. The Morgan fingerprint density at radius 2 is 1.62 bits per heavy atom. The average Bonchev–Trinajstić information content (AvgIpc) is 3.15. The largest absolute Gasteiger partial charge is 0.391 e. The normalized spacial score (nSPS) is 13.4. The third kappa shape index (κ3) is 6.77. The molecule has 0 saturated heterocycles. The molecule has 0 aliphatic heterocycles. The molecule has 2 rings (SSSR count). The van der Waals surface area contributed by atoms with Gasteiger partial charge in [0.05, 0.1) is 12.4 Å². The van der Waals surface area contributed by atoms with Gasteiger partial charge in [-0.15, -0.1) is 0 Å². The van der Waals surface area contributed by atoms with Gasteiger partial charge in [-0.2, -0.15) is 0 Å². The van der Waals surface area contributed by atoms with Gasteiger partial charge in [0.25, 0.3) is 5.56 Å². The van der Waals surface area contributed by atoms with Gasteiger partial charge in [0.2, 0.25) is 5.91 Å². The van der Waals surface area contributed by atoms with E-state index < -0.39 is 12.1 Å². The van der Waals surface area contributed by atoms with E-state index >= 15 is 0 Å². The highest BCUT2D eigenvalue weighted by molar-refractivity contribution is 5.82. The van der Waals surface area contributed by atoms with Crippen molar-refractivity contribution in [2.45, 2.75) is 83.4 Å². The summed E-state index contributed by atoms with van der Waals surface area (Å²) in [7, 11) is 3.40. The maximum atomic E-state index is 12.6. The summed E-state index contributed by atoms with van der Waals surface area (Å²) in [5.41, 5.74) is 5.86. The number of nitrogens with zero attached hydrogens (tertiary/aromatic N) is 4. The molecule has 1 unspecified atom stereocenters. The van der Waals surface area contributed by atoms with Gasteiger partial charge in [-0.25, -0.2) is 9.78 Å². The zero-order valence-electron chi connectivity index (χ0n) is 19.5. The van der Waals surface area contributed by atoms with Gasteiger partial charge in [-0.05, 0) is 19.8 Å². The van der Waals surface area contributed by atoms with Gasteiger partial charge < -0.3 is 20.7 Å². The molecule has 0 fully saturated rings. The van der Waals surface area contributed by atoms with Crippen molar-refractivity contribution in [1.29, 1.82) is 0 Å². The lowest BCUT2D eigenvalue weighted by molar-refractivity contribution is -0.124. The lowest BCUT2D eigenvalue weighted by Crippen LogP contribution is -2.47. The second-order valence-electron chi connectivity index (χ2n) is 8.57. The summed E-state index contributed by atoms with van der Waals surface area (Å²) in [6, 6.07) is -0.866. The highest BCUT2D eigenvalue weighted by atomic mass is 16.3. The van der Waals surface area contributed by atoms with E-state index in [1.807, 2.05) is 0 Å². The summed E-state index contributed by atoms with van der Waals surface area (Å²) < 4.78 is 4.41. The number of unbranched alkanes of at least 4 members (excludes halogenated alkanes) is 8. The highest BCUT2D eigenvalue weighted by Crippen LogP contribution is 2.10. The van der Waals surface area contributed by atoms with Crippen molar-refractivity contribution >= 4 is 17.1 Å². The zero-order valence-corrected chi connectivity index (χ0v) is 19.5. The number of aromatic nitrogens is 4. The van der Waals surface area contributed by atoms with E-state index in [1.54, 1.807) is 25.0 Å². The standard InChI is InChI=1S/C22H38N6O4/c1-16(29)17(23)20(30)24-13-11-9-7-5-4-6-8-10-12-14-28-21(31)18-19(25-15-26(18)2)27(3)22(28)32/h15-17,29H,4-14,23H2,1-3H3,(H,24,30)/t16-,17?/m1/s1. The van der Waals surface area contributed by atoms with E-state index in [9.17, 15) is 19.5 Å². The number of nitrogens with two attached hydrogens (primary N) is 1. The van der Waals surface area contributed by atoms with Crippen molar-refractivity contribution in [2.24, 2.45) is 19.8 Å². The fourth-order valence-corrected chi connectivity index (χ4v) is 3.77. The van der Waals surface area contributed by atoms with Gasteiger partial charge >= 0.3 is 5.69 Å². The number of imidazole rings is 1. The number of carbonyl (C=O) groups excluding carboxylic acids is 1. The molecule has 10 heteroatoms. The Kier molecular flexibility index (Phi) is 10.1. The van der Waals surface area contributed by atoms with Crippen LogP contribution in [0, 0.1) is 0 Å². The van der Waals surface area contributed by atoms with E-state index in [0.717, 1.165) is 57.8 Å². The minimum absolute atomic E-state index is 0.271. The molecular formula is C22H38N6O4. The summed E-state index contributed by atoms with van der Waals surface area (Å²) in [6.45, 7) is 2.52. The van der Waals surface area contributed by atoms with Crippen LogP contribution in [0.15, 0.2) is 15.9 Å². The molecule has 0 saturated carbocycles. The number of fused-ring (bicyclic) bond motifs is 1. The number of carbonyl (C=O) groups is 1. The number of rotatable bonds is 14. The van der Waals surface area contributed by atoms with E-state index in [-0.39, 0.29) is 17.2 Å². The molecule has 180 valence electrons. The van der Waals surface area contributed by atoms with Gasteiger partial charge in [0.1, 0.15) is 6.04 Å². The molecule has 2 heterocycles. The van der Waals surface area contributed by atoms with E-state index in [1.165, 1.54) is 16.1 Å². The maximum absolute atomic E-state index is 12.6. The Morgan fingerprint density at radius 3 is 2.22 bits per heavy atom. The van der Waals surface area contributed by atoms with Crippen LogP contribution >= 0.6 is 0 Å². The van der Waals surface area contributed by atoms with Crippen molar-refractivity contribution in [3.8, 4) is 0 Å². The Bertz CT molecular complexity index is 991. The quantitative estimate of drug-likeness (QED) is 0.364. The van der Waals surface area contributed by atoms with Crippen LogP contribution in [-0.4, -0.2) is 48.4 Å². The summed E-state index contributed by atoms with van der Waals surface area (Å²) in [5.74, 6) is -0.305. The number of hydrogen-bond acceptors (Lipinski definition) is 6. The molecule has 0 aliphatic carbocycles. The topological polar surface area (TPSA) is 137 Å². The lowest BCUT2D eigenvalue weighted by atomic mass is 10.1. The SMILES string of the molecule is C[C@@H](O)C(N)C(=O)NCCCCCCCCCCCn1c(=O)c2c(ncn2C)n(C)c1=O. The third-order valence-corrected chi connectivity index (χ3v) is 5.88. The first kappa shape index (κ1) is 25.8. The molecule has 2 aromatic heterocycles.